The van der Waals surface area contributed by atoms with Crippen LogP contribution in [0.4, 0.5) is 4.39 Å². The number of fused-ring (bicyclic) bond motifs is 1. The number of unbranched alkanes of at least 4 members (excludes halogenated alkanes) is 1. The lowest BCUT2D eigenvalue weighted by molar-refractivity contribution is -0.231. The van der Waals surface area contributed by atoms with Gasteiger partial charge in [-0.25, -0.2) is 4.39 Å². The van der Waals surface area contributed by atoms with E-state index in [1.165, 1.54) is 6.07 Å². The molecule has 1 aromatic rings. The van der Waals surface area contributed by atoms with Gasteiger partial charge in [0.1, 0.15) is 36.1 Å². The minimum Gasteiger partial charge on any atom is -0.459 e. The molecule has 2 aliphatic rings. The van der Waals surface area contributed by atoms with E-state index < -0.39 is 42.5 Å². The monoisotopic (exact) mass is 444 g/mol. The molecular weight excluding hydrogens is 415 g/mol. The largest absolute Gasteiger partial charge is 0.459 e. The molecule has 0 saturated carbocycles. The number of carbonyl (C=O) groups excluding carboxylic acids is 1. The van der Waals surface area contributed by atoms with E-state index >= 15 is 0 Å². The van der Waals surface area contributed by atoms with Gasteiger partial charge in [0.15, 0.2) is 12.1 Å². The van der Waals surface area contributed by atoms with E-state index in [1.54, 1.807) is 26.8 Å². The average molecular weight is 445 g/mol. The van der Waals surface area contributed by atoms with Crippen LogP contribution in [0.15, 0.2) is 18.2 Å². The molecule has 2 saturated heterocycles. The Morgan fingerprint density at radius 3 is 2.80 bits per heavy atom. The highest BCUT2D eigenvalue weighted by molar-refractivity contribution is 6.26. The van der Waals surface area contributed by atoms with E-state index in [4.69, 9.17) is 35.3 Å². The van der Waals surface area contributed by atoms with E-state index in [1.807, 2.05) is 6.07 Å². The second kappa shape index (κ2) is 9.92. The molecule has 30 heavy (non-hydrogen) atoms. The van der Waals surface area contributed by atoms with Crippen molar-refractivity contribution >= 4 is 17.6 Å². The Morgan fingerprint density at radius 1 is 1.33 bits per heavy atom. The molecule has 5 atom stereocenters. The third-order valence-electron chi connectivity index (χ3n) is 5.34. The lowest BCUT2D eigenvalue weighted by atomic mass is 10.0. The highest BCUT2D eigenvalue weighted by Crippen LogP contribution is 2.40. The summed E-state index contributed by atoms with van der Waals surface area (Å²) in [6, 6.07) is 5.01. The fourth-order valence-electron chi connectivity index (χ4n) is 3.94. The quantitative estimate of drug-likeness (QED) is 0.422. The molecule has 0 radical (unpaired) electrons. The van der Waals surface area contributed by atoms with Crippen LogP contribution in [0.25, 0.3) is 0 Å². The number of ether oxygens (including phenoxy) is 5. The van der Waals surface area contributed by atoms with Crippen molar-refractivity contribution in [2.24, 2.45) is 0 Å². The number of carbonyl (C=O) groups is 1. The van der Waals surface area contributed by atoms with Crippen molar-refractivity contribution in [2.75, 3.05) is 5.88 Å². The molecule has 0 unspecified atom stereocenters. The Bertz CT molecular complexity index is 742. The molecular formula is C22H30ClFO6. The van der Waals surface area contributed by atoms with Crippen LogP contribution in [-0.4, -0.2) is 48.3 Å². The zero-order valence-electron chi connectivity index (χ0n) is 17.9. The number of halogens is 2. The number of hydrogen-bond donors (Lipinski definition) is 0. The molecule has 0 amide bonds. The van der Waals surface area contributed by atoms with E-state index in [0.29, 0.717) is 12.0 Å². The van der Waals surface area contributed by atoms with Crippen LogP contribution in [0.3, 0.4) is 0 Å². The summed E-state index contributed by atoms with van der Waals surface area (Å²) in [5.74, 6) is -1.84. The molecule has 2 fully saturated rings. The van der Waals surface area contributed by atoms with Crippen molar-refractivity contribution in [1.82, 2.24) is 0 Å². The molecule has 0 aliphatic carbocycles. The molecule has 8 heteroatoms. The lowest BCUT2D eigenvalue weighted by Gasteiger charge is -2.29. The molecule has 1 aromatic carbocycles. The maximum atomic E-state index is 14.4. The van der Waals surface area contributed by atoms with Gasteiger partial charge in [0.25, 0.3) is 0 Å². The number of benzene rings is 1. The Hall–Kier alpha value is -1.25. The standard InChI is InChI=1S/C22H30ClFO6/c1-5-6-9-15-14(8-7-10-16(15)24)12-26-19-18(13(2)27-17(25)11-23)28-21-20(19)29-22(3,4)30-21/h7-8,10,13,18-21H,5-6,9,11-12H2,1-4H3/t13-,18-,19+,20-,21-/m1/s1. The summed E-state index contributed by atoms with van der Waals surface area (Å²) < 4.78 is 43.7. The molecule has 3 rings (SSSR count). The van der Waals surface area contributed by atoms with Crippen molar-refractivity contribution in [1.29, 1.82) is 0 Å². The molecule has 6 nitrogen and oxygen atoms in total. The zero-order valence-corrected chi connectivity index (χ0v) is 18.6. The summed E-state index contributed by atoms with van der Waals surface area (Å²) in [6.07, 6.45) is -0.392. The Labute approximate surface area is 181 Å². The predicted octanol–water partition coefficient (Wildman–Crippen LogP) is 4.10. The van der Waals surface area contributed by atoms with Gasteiger partial charge in [-0.3, -0.25) is 4.79 Å². The summed E-state index contributed by atoms with van der Waals surface area (Å²) in [6.45, 7) is 7.57. The zero-order chi connectivity index (χ0) is 21.9. The van der Waals surface area contributed by atoms with Gasteiger partial charge in [0.05, 0.1) is 6.61 Å². The van der Waals surface area contributed by atoms with Crippen LogP contribution in [0.5, 0.6) is 0 Å². The third-order valence-corrected chi connectivity index (χ3v) is 5.56. The fraction of sp³-hybridized carbons (Fsp3) is 0.682. The maximum Gasteiger partial charge on any atom is 0.321 e. The summed E-state index contributed by atoms with van der Waals surface area (Å²) in [7, 11) is 0. The first-order chi connectivity index (χ1) is 14.3. The fourth-order valence-corrected chi connectivity index (χ4v) is 4.00. The van der Waals surface area contributed by atoms with Gasteiger partial charge in [-0.05, 0) is 50.8 Å². The van der Waals surface area contributed by atoms with Gasteiger partial charge in [0, 0.05) is 0 Å². The number of esters is 1. The minimum absolute atomic E-state index is 0.185. The van der Waals surface area contributed by atoms with Crippen molar-refractivity contribution in [3.63, 3.8) is 0 Å². The van der Waals surface area contributed by atoms with Crippen LogP contribution in [0.1, 0.15) is 51.7 Å². The van der Waals surface area contributed by atoms with Crippen LogP contribution in [-0.2, 0) is 41.5 Å². The Balaban J connectivity index is 1.76. The van der Waals surface area contributed by atoms with Crippen LogP contribution >= 0.6 is 11.6 Å². The Kier molecular flexibility index (Phi) is 7.74. The SMILES string of the molecule is CCCCc1c(F)cccc1CO[C@@H]1[C@H]2OC(C)(C)O[C@H]2O[C@@H]1[C@@H](C)OC(=O)CCl. The lowest BCUT2D eigenvalue weighted by Crippen LogP contribution is -2.43. The highest BCUT2D eigenvalue weighted by Gasteiger charge is 2.57. The van der Waals surface area contributed by atoms with E-state index in [2.05, 4.69) is 6.92 Å². The van der Waals surface area contributed by atoms with Gasteiger partial charge in [0.2, 0.25) is 0 Å². The minimum atomic E-state index is -0.816. The second-order valence-corrected chi connectivity index (χ2v) is 8.42. The highest BCUT2D eigenvalue weighted by atomic mass is 35.5. The summed E-state index contributed by atoms with van der Waals surface area (Å²) >= 11 is 5.56. The summed E-state index contributed by atoms with van der Waals surface area (Å²) in [5.41, 5.74) is 1.45. The summed E-state index contributed by atoms with van der Waals surface area (Å²) in [4.78, 5) is 11.6. The molecule has 0 spiro atoms. The van der Waals surface area contributed by atoms with Gasteiger partial charge in [-0.2, -0.15) is 0 Å². The van der Waals surface area contributed by atoms with Gasteiger partial charge < -0.3 is 23.7 Å². The normalized spacial score (nSPS) is 28.3. The number of rotatable bonds is 9. The molecule has 0 bridgehead atoms. The van der Waals surface area contributed by atoms with Gasteiger partial charge >= 0.3 is 5.97 Å². The maximum absolute atomic E-state index is 14.4. The molecule has 0 aromatic heterocycles. The Morgan fingerprint density at radius 2 is 2.10 bits per heavy atom. The molecule has 2 aliphatic heterocycles. The van der Waals surface area contributed by atoms with Crippen molar-refractivity contribution in [2.45, 2.75) is 90.1 Å². The molecule has 0 N–H and O–H groups in total. The first-order valence-electron chi connectivity index (χ1n) is 10.4. The summed E-state index contributed by atoms with van der Waals surface area (Å²) in [5, 5.41) is 0. The number of hydrogen-bond acceptors (Lipinski definition) is 6. The van der Waals surface area contributed by atoms with Crippen molar-refractivity contribution in [3.8, 4) is 0 Å². The smallest absolute Gasteiger partial charge is 0.321 e. The topological polar surface area (TPSA) is 63.2 Å². The predicted molar refractivity (Wildman–Crippen MR) is 109 cm³/mol. The van der Waals surface area contributed by atoms with Crippen LogP contribution < -0.4 is 0 Å². The van der Waals surface area contributed by atoms with E-state index in [9.17, 15) is 9.18 Å². The first kappa shape index (κ1) is 23.4. The van der Waals surface area contributed by atoms with Gasteiger partial charge in [-0.15, -0.1) is 11.6 Å². The molecule has 168 valence electrons. The number of alkyl halides is 1. The van der Waals surface area contributed by atoms with Gasteiger partial charge in [-0.1, -0.05) is 25.5 Å². The third kappa shape index (κ3) is 5.32. The average Bonchev–Trinajstić information content (AvgIpc) is 3.17. The van der Waals surface area contributed by atoms with Crippen molar-refractivity contribution < 1.29 is 32.9 Å². The van der Waals surface area contributed by atoms with E-state index in [0.717, 1.165) is 18.4 Å². The van der Waals surface area contributed by atoms with Crippen LogP contribution in [0.2, 0.25) is 0 Å². The molecule has 2 heterocycles. The van der Waals surface area contributed by atoms with Crippen LogP contribution in [0, 0.1) is 5.82 Å². The van der Waals surface area contributed by atoms with E-state index in [-0.39, 0.29) is 18.3 Å². The first-order valence-corrected chi connectivity index (χ1v) is 10.9. The van der Waals surface area contributed by atoms with Crippen molar-refractivity contribution in [3.05, 3.63) is 35.1 Å². The second-order valence-electron chi connectivity index (χ2n) is 8.15.